The number of aliphatic hydroxyl groups is 1. The van der Waals surface area contributed by atoms with Crippen LogP contribution in [0.15, 0.2) is 22.8 Å². The summed E-state index contributed by atoms with van der Waals surface area (Å²) in [5.74, 6) is 0. The monoisotopic (exact) mass is 124 g/mol. The summed E-state index contributed by atoms with van der Waals surface area (Å²) in [6.45, 7) is 4.31. The second-order valence-corrected chi connectivity index (χ2v) is 2.51. The van der Waals surface area contributed by atoms with Crippen LogP contribution >= 0.6 is 0 Å². The van der Waals surface area contributed by atoms with Crippen molar-refractivity contribution < 1.29 is 5.11 Å². The van der Waals surface area contributed by atoms with Crippen LogP contribution in [0.25, 0.3) is 0 Å². The van der Waals surface area contributed by atoms with Crippen molar-refractivity contribution in [1.82, 2.24) is 0 Å². The van der Waals surface area contributed by atoms with Crippen LogP contribution in [-0.2, 0) is 0 Å². The zero-order valence-corrected chi connectivity index (χ0v) is 5.94. The van der Waals surface area contributed by atoms with E-state index < -0.39 is 0 Å². The fourth-order valence-corrected chi connectivity index (χ4v) is 1.15. The summed E-state index contributed by atoms with van der Waals surface area (Å²) in [5.41, 5.74) is 3.69. The minimum atomic E-state index is 0.203. The van der Waals surface area contributed by atoms with E-state index in [4.69, 9.17) is 5.11 Å². The molecule has 0 saturated carbocycles. The van der Waals surface area contributed by atoms with E-state index in [9.17, 15) is 0 Å². The molecule has 0 aliphatic heterocycles. The maximum atomic E-state index is 8.81. The van der Waals surface area contributed by atoms with E-state index in [1.807, 2.05) is 6.92 Å². The third-order valence-electron chi connectivity index (χ3n) is 1.86. The van der Waals surface area contributed by atoms with E-state index in [1.165, 1.54) is 11.1 Å². The van der Waals surface area contributed by atoms with Gasteiger partial charge in [0.2, 0.25) is 0 Å². The fraction of sp³-hybridized carbons (Fsp3) is 0.500. The first-order valence-electron chi connectivity index (χ1n) is 3.22. The molecule has 0 bridgehead atoms. The van der Waals surface area contributed by atoms with Gasteiger partial charge in [0, 0.05) is 0 Å². The highest BCUT2D eigenvalue weighted by molar-refractivity contribution is 5.40. The van der Waals surface area contributed by atoms with Gasteiger partial charge in [-0.1, -0.05) is 11.6 Å². The first-order valence-corrected chi connectivity index (χ1v) is 3.22. The third kappa shape index (κ3) is 1.06. The SMILES string of the molecule is CC1=CCC(C)=C1CO. The lowest BCUT2D eigenvalue weighted by molar-refractivity contribution is 0.332. The van der Waals surface area contributed by atoms with E-state index in [0.717, 1.165) is 12.0 Å². The van der Waals surface area contributed by atoms with E-state index in [2.05, 4.69) is 13.0 Å². The molecule has 0 unspecified atom stereocenters. The van der Waals surface area contributed by atoms with Gasteiger partial charge in [0.1, 0.15) is 0 Å². The predicted molar refractivity (Wildman–Crippen MR) is 38.2 cm³/mol. The molecule has 1 aliphatic rings. The van der Waals surface area contributed by atoms with Gasteiger partial charge >= 0.3 is 0 Å². The second-order valence-electron chi connectivity index (χ2n) is 2.51. The molecule has 1 heteroatoms. The van der Waals surface area contributed by atoms with Crippen molar-refractivity contribution in [2.45, 2.75) is 20.3 Å². The van der Waals surface area contributed by atoms with E-state index in [-0.39, 0.29) is 6.61 Å². The lowest BCUT2D eigenvalue weighted by Gasteiger charge is -1.99. The Morgan fingerprint density at radius 3 is 2.44 bits per heavy atom. The lowest BCUT2D eigenvalue weighted by Crippen LogP contribution is -1.90. The van der Waals surface area contributed by atoms with Gasteiger partial charge in [-0.05, 0) is 31.4 Å². The molecular formula is C8H12O. The minimum Gasteiger partial charge on any atom is -0.392 e. The molecule has 0 saturated heterocycles. The molecule has 0 heterocycles. The highest BCUT2D eigenvalue weighted by Gasteiger charge is 2.08. The molecule has 0 aromatic rings. The summed E-state index contributed by atoms with van der Waals surface area (Å²) < 4.78 is 0. The normalized spacial score (nSPS) is 18.8. The Hall–Kier alpha value is -0.560. The summed E-state index contributed by atoms with van der Waals surface area (Å²) in [6, 6.07) is 0. The molecule has 1 N–H and O–H groups in total. The molecule has 50 valence electrons. The van der Waals surface area contributed by atoms with E-state index in [1.54, 1.807) is 0 Å². The van der Waals surface area contributed by atoms with Gasteiger partial charge < -0.3 is 5.11 Å². The maximum absolute atomic E-state index is 8.81. The molecule has 1 nitrogen and oxygen atoms in total. The van der Waals surface area contributed by atoms with Crippen molar-refractivity contribution in [3.63, 3.8) is 0 Å². The highest BCUT2D eigenvalue weighted by Crippen LogP contribution is 2.24. The van der Waals surface area contributed by atoms with Gasteiger partial charge in [0.25, 0.3) is 0 Å². The van der Waals surface area contributed by atoms with Crippen molar-refractivity contribution in [3.05, 3.63) is 22.8 Å². The molecule has 0 amide bonds. The van der Waals surface area contributed by atoms with Crippen molar-refractivity contribution in [1.29, 1.82) is 0 Å². The summed E-state index contributed by atoms with van der Waals surface area (Å²) in [5, 5.41) is 8.81. The van der Waals surface area contributed by atoms with Crippen LogP contribution in [0.4, 0.5) is 0 Å². The molecule has 1 rings (SSSR count). The summed E-state index contributed by atoms with van der Waals surface area (Å²) in [4.78, 5) is 0. The van der Waals surface area contributed by atoms with E-state index in [0.29, 0.717) is 0 Å². The number of allylic oxidation sites excluding steroid dienone is 2. The molecule has 0 radical (unpaired) electrons. The number of hydrogen-bond acceptors (Lipinski definition) is 1. The third-order valence-corrected chi connectivity index (χ3v) is 1.86. The van der Waals surface area contributed by atoms with Crippen LogP contribution in [0.2, 0.25) is 0 Å². The Bertz CT molecular complexity index is 175. The Kier molecular flexibility index (Phi) is 1.72. The Balaban J connectivity index is 2.83. The second kappa shape index (κ2) is 2.36. The molecular weight excluding hydrogens is 112 g/mol. The first kappa shape index (κ1) is 6.56. The Morgan fingerprint density at radius 2 is 2.22 bits per heavy atom. The van der Waals surface area contributed by atoms with Crippen LogP contribution in [0.3, 0.4) is 0 Å². The topological polar surface area (TPSA) is 20.2 Å². The van der Waals surface area contributed by atoms with Gasteiger partial charge in [-0.2, -0.15) is 0 Å². The highest BCUT2D eigenvalue weighted by atomic mass is 16.3. The first-order chi connectivity index (χ1) is 4.25. The number of aliphatic hydroxyl groups excluding tert-OH is 1. The van der Waals surface area contributed by atoms with Crippen molar-refractivity contribution in [3.8, 4) is 0 Å². The molecule has 0 aromatic heterocycles. The van der Waals surface area contributed by atoms with Crippen LogP contribution < -0.4 is 0 Å². The van der Waals surface area contributed by atoms with Gasteiger partial charge in [0.15, 0.2) is 0 Å². The molecule has 0 fully saturated rings. The zero-order chi connectivity index (χ0) is 6.85. The van der Waals surface area contributed by atoms with Gasteiger partial charge in [-0.25, -0.2) is 0 Å². The van der Waals surface area contributed by atoms with Crippen LogP contribution in [0, 0.1) is 0 Å². The number of rotatable bonds is 1. The molecule has 0 aromatic carbocycles. The van der Waals surface area contributed by atoms with Crippen LogP contribution in [0.1, 0.15) is 20.3 Å². The Labute approximate surface area is 55.7 Å². The molecule has 9 heavy (non-hydrogen) atoms. The Morgan fingerprint density at radius 1 is 1.56 bits per heavy atom. The minimum absolute atomic E-state index is 0.203. The average molecular weight is 124 g/mol. The van der Waals surface area contributed by atoms with Crippen LogP contribution in [-0.4, -0.2) is 11.7 Å². The smallest absolute Gasteiger partial charge is 0.0683 e. The number of hydrogen-bond donors (Lipinski definition) is 1. The van der Waals surface area contributed by atoms with Crippen molar-refractivity contribution >= 4 is 0 Å². The van der Waals surface area contributed by atoms with Crippen molar-refractivity contribution in [2.75, 3.05) is 6.61 Å². The van der Waals surface area contributed by atoms with Gasteiger partial charge in [0.05, 0.1) is 6.61 Å². The van der Waals surface area contributed by atoms with Gasteiger partial charge in [-0.15, -0.1) is 0 Å². The fourth-order valence-electron chi connectivity index (χ4n) is 1.15. The summed E-state index contributed by atoms with van der Waals surface area (Å²) in [7, 11) is 0. The largest absolute Gasteiger partial charge is 0.392 e. The zero-order valence-electron chi connectivity index (χ0n) is 5.94. The van der Waals surface area contributed by atoms with Crippen LogP contribution in [0.5, 0.6) is 0 Å². The van der Waals surface area contributed by atoms with E-state index >= 15 is 0 Å². The standard InChI is InChI=1S/C8H12O/c1-6-3-4-7(2)8(6)5-9/h3,9H,4-5H2,1-2H3. The molecule has 1 aliphatic carbocycles. The quantitative estimate of drug-likeness (QED) is 0.563. The lowest BCUT2D eigenvalue weighted by atomic mass is 10.1. The molecule has 0 atom stereocenters. The summed E-state index contributed by atoms with van der Waals surface area (Å²) >= 11 is 0. The maximum Gasteiger partial charge on any atom is 0.0683 e. The predicted octanol–water partition coefficient (Wildman–Crippen LogP) is 1.65. The van der Waals surface area contributed by atoms with Gasteiger partial charge in [-0.3, -0.25) is 0 Å². The summed E-state index contributed by atoms with van der Waals surface area (Å²) in [6.07, 6.45) is 3.18. The average Bonchev–Trinajstić information content (AvgIpc) is 2.12. The van der Waals surface area contributed by atoms with Crippen molar-refractivity contribution in [2.24, 2.45) is 0 Å². The molecule has 0 spiro atoms.